The fourth-order valence-corrected chi connectivity index (χ4v) is 2.48. The van der Waals surface area contributed by atoms with Gasteiger partial charge in [-0.3, -0.25) is 9.36 Å². The van der Waals surface area contributed by atoms with Crippen molar-refractivity contribution in [3.63, 3.8) is 0 Å². The number of esters is 1. The molecule has 1 aliphatic carbocycles. The fourth-order valence-electron chi connectivity index (χ4n) is 2.48. The molecule has 0 fully saturated rings. The monoisotopic (exact) mass is 271 g/mol. The molecule has 0 aliphatic heterocycles. The number of hydrogen-bond acceptors (Lipinski definition) is 5. The summed E-state index contributed by atoms with van der Waals surface area (Å²) in [5, 5.41) is 0. The van der Waals surface area contributed by atoms with Gasteiger partial charge in [-0.05, 0) is 25.0 Å². The molecule has 2 aromatic heterocycles. The van der Waals surface area contributed by atoms with Crippen LogP contribution in [-0.4, -0.2) is 33.4 Å². The summed E-state index contributed by atoms with van der Waals surface area (Å²) in [4.78, 5) is 32.2. The second-order valence-electron chi connectivity index (χ2n) is 4.54. The van der Waals surface area contributed by atoms with Crippen LogP contribution in [0.25, 0.3) is 5.95 Å². The Balaban J connectivity index is 2.25. The van der Waals surface area contributed by atoms with Gasteiger partial charge in [0.25, 0.3) is 0 Å². The van der Waals surface area contributed by atoms with Gasteiger partial charge >= 0.3 is 5.97 Å². The third-order valence-corrected chi connectivity index (χ3v) is 3.37. The van der Waals surface area contributed by atoms with Gasteiger partial charge in [0.15, 0.2) is 5.78 Å². The summed E-state index contributed by atoms with van der Waals surface area (Å²) in [7, 11) is 1.31. The van der Waals surface area contributed by atoms with E-state index in [0.29, 0.717) is 23.6 Å². The SMILES string of the molecule is COC(=O)c1cc2c(n1-c1ncccn1)CCCC2=O. The lowest BCUT2D eigenvalue weighted by Gasteiger charge is -2.14. The minimum Gasteiger partial charge on any atom is -0.464 e. The third-order valence-electron chi connectivity index (χ3n) is 3.37. The number of Topliss-reactive ketones (excluding diaryl/α,β-unsaturated/α-hetero) is 1. The summed E-state index contributed by atoms with van der Waals surface area (Å²) in [6.07, 6.45) is 5.19. The largest absolute Gasteiger partial charge is 0.464 e. The quantitative estimate of drug-likeness (QED) is 0.775. The van der Waals surface area contributed by atoms with Crippen LogP contribution in [0.1, 0.15) is 39.4 Å². The van der Waals surface area contributed by atoms with E-state index in [4.69, 9.17) is 4.74 Å². The van der Waals surface area contributed by atoms with Gasteiger partial charge in [0.05, 0.1) is 7.11 Å². The molecule has 20 heavy (non-hydrogen) atoms. The van der Waals surface area contributed by atoms with E-state index in [-0.39, 0.29) is 5.78 Å². The van der Waals surface area contributed by atoms with Crippen LogP contribution in [0.15, 0.2) is 24.5 Å². The van der Waals surface area contributed by atoms with Crippen LogP contribution in [0.4, 0.5) is 0 Å². The molecule has 2 aromatic rings. The summed E-state index contributed by atoms with van der Waals surface area (Å²) in [6, 6.07) is 3.28. The predicted molar refractivity (Wildman–Crippen MR) is 70.0 cm³/mol. The van der Waals surface area contributed by atoms with Crippen LogP contribution >= 0.6 is 0 Å². The Hall–Kier alpha value is -2.50. The van der Waals surface area contributed by atoms with Gasteiger partial charge < -0.3 is 4.74 Å². The van der Waals surface area contributed by atoms with Crippen LogP contribution in [0, 0.1) is 0 Å². The molecule has 6 nitrogen and oxygen atoms in total. The lowest BCUT2D eigenvalue weighted by molar-refractivity contribution is 0.0591. The molecule has 0 bridgehead atoms. The molecule has 102 valence electrons. The third kappa shape index (κ3) is 1.89. The lowest BCUT2D eigenvalue weighted by Crippen LogP contribution is -2.16. The maximum Gasteiger partial charge on any atom is 0.355 e. The van der Waals surface area contributed by atoms with E-state index < -0.39 is 5.97 Å². The zero-order valence-electron chi connectivity index (χ0n) is 11.0. The van der Waals surface area contributed by atoms with Crippen molar-refractivity contribution < 1.29 is 14.3 Å². The molecule has 0 spiro atoms. The fraction of sp³-hybridized carbons (Fsp3) is 0.286. The van der Waals surface area contributed by atoms with Crippen LogP contribution in [0.5, 0.6) is 0 Å². The molecule has 1 aliphatic rings. The molecule has 0 radical (unpaired) electrons. The standard InChI is InChI=1S/C14H13N3O3/c1-20-13(19)11-8-9-10(4-2-5-12(9)18)17(11)14-15-6-3-7-16-14/h3,6-8H,2,4-5H2,1H3. The Labute approximate surface area is 115 Å². The summed E-state index contributed by atoms with van der Waals surface area (Å²) in [5.41, 5.74) is 1.65. The summed E-state index contributed by atoms with van der Waals surface area (Å²) >= 11 is 0. The van der Waals surface area contributed by atoms with Crippen LogP contribution < -0.4 is 0 Å². The molecule has 3 rings (SSSR count). The first kappa shape index (κ1) is 12.5. The average Bonchev–Trinajstić information content (AvgIpc) is 2.88. The smallest absolute Gasteiger partial charge is 0.355 e. The molecule has 6 heteroatoms. The Kier molecular flexibility index (Phi) is 3.06. The van der Waals surface area contributed by atoms with Gasteiger partial charge in [-0.15, -0.1) is 0 Å². The van der Waals surface area contributed by atoms with Gasteiger partial charge in [-0.1, -0.05) is 0 Å². The summed E-state index contributed by atoms with van der Waals surface area (Å²) < 4.78 is 6.41. The Morgan fingerprint density at radius 2 is 2.05 bits per heavy atom. The second-order valence-corrected chi connectivity index (χ2v) is 4.54. The van der Waals surface area contributed by atoms with Crippen LogP contribution in [-0.2, 0) is 11.2 Å². The maximum absolute atomic E-state index is 12.0. The van der Waals surface area contributed by atoms with E-state index in [1.165, 1.54) is 7.11 Å². The molecule has 0 unspecified atom stereocenters. The number of carbonyl (C=O) groups excluding carboxylic acids is 2. The number of ketones is 1. The molecule has 0 saturated heterocycles. The average molecular weight is 271 g/mol. The van der Waals surface area contributed by atoms with Crippen molar-refractivity contribution in [2.24, 2.45) is 0 Å². The second kappa shape index (κ2) is 4.88. The van der Waals surface area contributed by atoms with E-state index in [1.807, 2.05) is 0 Å². The van der Waals surface area contributed by atoms with Crippen molar-refractivity contribution >= 4 is 11.8 Å². The predicted octanol–water partition coefficient (Wildman–Crippen LogP) is 1.57. The zero-order chi connectivity index (χ0) is 14.1. The highest BCUT2D eigenvalue weighted by atomic mass is 16.5. The van der Waals surface area contributed by atoms with Crippen LogP contribution in [0.2, 0.25) is 0 Å². The van der Waals surface area contributed by atoms with Crippen molar-refractivity contribution in [2.45, 2.75) is 19.3 Å². The van der Waals surface area contributed by atoms with Crippen LogP contribution in [0.3, 0.4) is 0 Å². The molecular weight excluding hydrogens is 258 g/mol. The number of ether oxygens (including phenoxy) is 1. The molecule has 0 amide bonds. The van der Waals surface area contributed by atoms with Crippen molar-refractivity contribution in [2.75, 3.05) is 7.11 Å². The first-order valence-corrected chi connectivity index (χ1v) is 6.36. The van der Waals surface area contributed by atoms with Gasteiger partial charge in [-0.25, -0.2) is 14.8 Å². The van der Waals surface area contributed by atoms with Crippen molar-refractivity contribution in [1.29, 1.82) is 0 Å². The highest BCUT2D eigenvalue weighted by molar-refractivity contribution is 6.01. The minimum atomic E-state index is -0.500. The highest BCUT2D eigenvalue weighted by Gasteiger charge is 2.28. The minimum absolute atomic E-state index is 0.0473. The van der Waals surface area contributed by atoms with Crippen molar-refractivity contribution in [1.82, 2.24) is 14.5 Å². The van der Waals surface area contributed by atoms with Gasteiger partial charge in [-0.2, -0.15) is 0 Å². The number of hydrogen-bond donors (Lipinski definition) is 0. The van der Waals surface area contributed by atoms with E-state index in [9.17, 15) is 9.59 Å². The normalized spacial score (nSPS) is 13.9. The van der Waals surface area contributed by atoms with E-state index in [1.54, 1.807) is 29.1 Å². The first-order chi connectivity index (χ1) is 9.72. The molecule has 0 atom stereocenters. The highest BCUT2D eigenvalue weighted by Crippen LogP contribution is 2.27. The van der Waals surface area contributed by atoms with E-state index >= 15 is 0 Å². The molecule has 0 aromatic carbocycles. The molecule has 2 heterocycles. The topological polar surface area (TPSA) is 74.1 Å². The molecule has 0 saturated carbocycles. The number of aromatic nitrogens is 3. The number of nitrogens with zero attached hydrogens (tertiary/aromatic N) is 3. The Bertz CT molecular complexity index is 676. The lowest BCUT2D eigenvalue weighted by atomic mass is 9.97. The molecule has 0 N–H and O–H groups in total. The maximum atomic E-state index is 12.0. The summed E-state index contributed by atoms with van der Waals surface area (Å²) in [6.45, 7) is 0. The number of carbonyl (C=O) groups is 2. The number of rotatable bonds is 2. The van der Waals surface area contributed by atoms with E-state index in [0.717, 1.165) is 18.5 Å². The number of methoxy groups -OCH3 is 1. The van der Waals surface area contributed by atoms with E-state index in [2.05, 4.69) is 9.97 Å². The summed E-state index contributed by atoms with van der Waals surface area (Å²) in [5.74, 6) is -0.0745. The number of fused-ring (bicyclic) bond motifs is 1. The Morgan fingerprint density at radius 1 is 1.30 bits per heavy atom. The molecular formula is C14H13N3O3. The first-order valence-electron chi connectivity index (χ1n) is 6.36. The van der Waals surface area contributed by atoms with Gasteiger partial charge in [0.2, 0.25) is 5.95 Å². The van der Waals surface area contributed by atoms with Gasteiger partial charge in [0.1, 0.15) is 5.69 Å². The van der Waals surface area contributed by atoms with Crippen molar-refractivity contribution in [3.8, 4) is 5.95 Å². The van der Waals surface area contributed by atoms with Gasteiger partial charge in [0, 0.05) is 30.1 Å². The van der Waals surface area contributed by atoms with Crippen molar-refractivity contribution in [3.05, 3.63) is 41.5 Å². The zero-order valence-corrected chi connectivity index (χ0v) is 11.0. The Morgan fingerprint density at radius 3 is 2.75 bits per heavy atom.